The second-order valence-corrected chi connectivity index (χ2v) is 5.19. The summed E-state index contributed by atoms with van der Waals surface area (Å²) in [6.07, 6.45) is 4.05. The number of piperidine rings is 1. The minimum absolute atomic E-state index is 0. The van der Waals surface area contributed by atoms with Gasteiger partial charge in [-0.05, 0) is 51.1 Å². The molecule has 5 heteroatoms. The van der Waals surface area contributed by atoms with Crippen molar-refractivity contribution < 1.29 is 9.53 Å². The van der Waals surface area contributed by atoms with Crippen LogP contribution in [-0.4, -0.2) is 38.8 Å². The van der Waals surface area contributed by atoms with Crippen LogP contribution < -0.4 is 10.6 Å². The van der Waals surface area contributed by atoms with Crippen molar-refractivity contribution in [3.05, 3.63) is 0 Å². The van der Waals surface area contributed by atoms with Gasteiger partial charge >= 0.3 is 0 Å². The number of carbonyl (C=O) groups excluding carboxylic acids is 1. The third-order valence-corrected chi connectivity index (χ3v) is 3.64. The van der Waals surface area contributed by atoms with E-state index in [-0.39, 0.29) is 18.3 Å². The summed E-state index contributed by atoms with van der Waals surface area (Å²) in [6.45, 7) is 8.59. The number of carbonyl (C=O) groups is 1. The van der Waals surface area contributed by atoms with Crippen LogP contribution in [0.3, 0.4) is 0 Å². The van der Waals surface area contributed by atoms with Crippen LogP contribution in [0, 0.1) is 11.8 Å². The van der Waals surface area contributed by atoms with Crippen LogP contribution in [0.15, 0.2) is 0 Å². The molecule has 114 valence electrons. The Kier molecular flexibility index (Phi) is 11.3. The van der Waals surface area contributed by atoms with Gasteiger partial charge in [-0.1, -0.05) is 6.92 Å². The third kappa shape index (κ3) is 8.45. The fourth-order valence-electron chi connectivity index (χ4n) is 2.44. The molecule has 0 saturated carbocycles. The van der Waals surface area contributed by atoms with E-state index in [4.69, 9.17) is 4.74 Å². The van der Waals surface area contributed by atoms with Gasteiger partial charge in [0.05, 0.1) is 0 Å². The number of nitrogens with one attached hydrogen (secondary N) is 2. The SMILES string of the molecule is CCOCCCNC(=O)CC(C)C1CCCNC1.Cl. The molecular weight excluding hydrogens is 264 g/mol. The van der Waals surface area contributed by atoms with E-state index in [0.29, 0.717) is 18.3 Å². The van der Waals surface area contributed by atoms with Gasteiger partial charge in [0.2, 0.25) is 5.91 Å². The molecule has 1 heterocycles. The highest BCUT2D eigenvalue weighted by molar-refractivity contribution is 5.85. The van der Waals surface area contributed by atoms with Gasteiger partial charge in [-0.2, -0.15) is 0 Å². The topological polar surface area (TPSA) is 50.4 Å². The number of halogens is 1. The van der Waals surface area contributed by atoms with E-state index >= 15 is 0 Å². The summed E-state index contributed by atoms with van der Waals surface area (Å²) in [6, 6.07) is 0. The average molecular weight is 293 g/mol. The molecule has 19 heavy (non-hydrogen) atoms. The van der Waals surface area contributed by atoms with E-state index in [9.17, 15) is 4.79 Å². The molecule has 0 aliphatic carbocycles. The zero-order valence-electron chi connectivity index (χ0n) is 12.2. The summed E-state index contributed by atoms with van der Waals surface area (Å²) >= 11 is 0. The van der Waals surface area contributed by atoms with Crippen molar-refractivity contribution in [2.45, 2.75) is 39.5 Å². The summed E-state index contributed by atoms with van der Waals surface area (Å²) < 4.78 is 5.23. The van der Waals surface area contributed by atoms with Crippen LogP contribution in [0.2, 0.25) is 0 Å². The zero-order valence-corrected chi connectivity index (χ0v) is 13.1. The quantitative estimate of drug-likeness (QED) is 0.673. The summed E-state index contributed by atoms with van der Waals surface area (Å²) in [4.78, 5) is 11.8. The summed E-state index contributed by atoms with van der Waals surface area (Å²) in [7, 11) is 0. The van der Waals surface area contributed by atoms with Crippen molar-refractivity contribution in [1.82, 2.24) is 10.6 Å². The molecule has 1 aliphatic heterocycles. The lowest BCUT2D eigenvalue weighted by molar-refractivity contribution is -0.122. The maximum absolute atomic E-state index is 11.8. The molecule has 1 saturated heterocycles. The average Bonchev–Trinajstić information content (AvgIpc) is 2.39. The van der Waals surface area contributed by atoms with Crippen molar-refractivity contribution in [3.8, 4) is 0 Å². The van der Waals surface area contributed by atoms with Gasteiger partial charge in [0.25, 0.3) is 0 Å². The van der Waals surface area contributed by atoms with Gasteiger partial charge in [-0.15, -0.1) is 12.4 Å². The van der Waals surface area contributed by atoms with Crippen LogP contribution in [0.4, 0.5) is 0 Å². The first kappa shape index (κ1) is 18.7. The summed E-state index contributed by atoms with van der Waals surface area (Å²) in [5, 5.41) is 6.38. The Hall–Kier alpha value is -0.320. The molecule has 1 aliphatic rings. The Morgan fingerprint density at radius 2 is 2.32 bits per heavy atom. The second-order valence-electron chi connectivity index (χ2n) is 5.19. The van der Waals surface area contributed by atoms with Crippen LogP contribution in [0.1, 0.15) is 39.5 Å². The van der Waals surface area contributed by atoms with Gasteiger partial charge in [0.1, 0.15) is 0 Å². The van der Waals surface area contributed by atoms with Gasteiger partial charge in [0, 0.05) is 26.2 Å². The molecule has 0 spiro atoms. The molecule has 4 nitrogen and oxygen atoms in total. The maximum Gasteiger partial charge on any atom is 0.220 e. The molecule has 1 rings (SSSR count). The van der Waals surface area contributed by atoms with Crippen molar-refractivity contribution in [2.75, 3.05) is 32.8 Å². The number of hydrogen-bond acceptors (Lipinski definition) is 3. The molecule has 2 unspecified atom stereocenters. The molecule has 2 atom stereocenters. The largest absolute Gasteiger partial charge is 0.382 e. The smallest absolute Gasteiger partial charge is 0.220 e. The monoisotopic (exact) mass is 292 g/mol. The van der Waals surface area contributed by atoms with Crippen LogP contribution >= 0.6 is 12.4 Å². The van der Waals surface area contributed by atoms with Gasteiger partial charge < -0.3 is 15.4 Å². The highest BCUT2D eigenvalue weighted by Crippen LogP contribution is 2.22. The Morgan fingerprint density at radius 3 is 2.95 bits per heavy atom. The fraction of sp³-hybridized carbons (Fsp3) is 0.929. The first-order valence-electron chi connectivity index (χ1n) is 7.29. The lowest BCUT2D eigenvalue weighted by Crippen LogP contribution is -2.35. The van der Waals surface area contributed by atoms with E-state index in [1.807, 2.05) is 6.92 Å². The summed E-state index contributed by atoms with van der Waals surface area (Å²) in [5.74, 6) is 1.32. The molecule has 0 aromatic carbocycles. The molecule has 1 amide bonds. The van der Waals surface area contributed by atoms with E-state index in [1.54, 1.807) is 0 Å². The van der Waals surface area contributed by atoms with Crippen molar-refractivity contribution in [3.63, 3.8) is 0 Å². The second kappa shape index (κ2) is 11.5. The molecule has 0 aromatic heterocycles. The Morgan fingerprint density at radius 1 is 1.53 bits per heavy atom. The van der Waals surface area contributed by atoms with Crippen LogP contribution in [0.25, 0.3) is 0 Å². The van der Waals surface area contributed by atoms with Crippen LogP contribution in [0.5, 0.6) is 0 Å². The molecule has 0 bridgehead atoms. The highest BCUT2D eigenvalue weighted by atomic mass is 35.5. The maximum atomic E-state index is 11.8. The van der Waals surface area contributed by atoms with Crippen molar-refractivity contribution in [1.29, 1.82) is 0 Å². The number of hydrogen-bond donors (Lipinski definition) is 2. The number of amides is 1. The van der Waals surface area contributed by atoms with E-state index < -0.39 is 0 Å². The Balaban J connectivity index is 0.00000324. The lowest BCUT2D eigenvalue weighted by Gasteiger charge is -2.28. The molecule has 0 aromatic rings. The Labute approximate surface area is 123 Å². The first-order valence-corrected chi connectivity index (χ1v) is 7.29. The lowest BCUT2D eigenvalue weighted by atomic mass is 9.85. The zero-order chi connectivity index (χ0) is 13.2. The molecule has 0 radical (unpaired) electrons. The Bertz CT molecular complexity index is 233. The van der Waals surface area contributed by atoms with Crippen molar-refractivity contribution >= 4 is 18.3 Å². The fourth-order valence-corrected chi connectivity index (χ4v) is 2.44. The van der Waals surface area contributed by atoms with E-state index in [0.717, 1.165) is 39.3 Å². The normalized spacial score (nSPS) is 20.4. The highest BCUT2D eigenvalue weighted by Gasteiger charge is 2.21. The van der Waals surface area contributed by atoms with Crippen molar-refractivity contribution in [2.24, 2.45) is 11.8 Å². The van der Waals surface area contributed by atoms with Gasteiger partial charge in [-0.25, -0.2) is 0 Å². The third-order valence-electron chi connectivity index (χ3n) is 3.64. The van der Waals surface area contributed by atoms with E-state index in [2.05, 4.69) is 17.6 Å². The molecule has 1 fully saturated rings. The predicted octanol–water partition coefficient (Wildman–Crippen LogP) is 1.98. The first-order chi connectivity index (χ1) is 8.74. The minimum Gasteiger partial charge on any atom is -0.382 e. The standard InChI is InChI=1S/C14H28N2O2.ClH/c1-3-18-9-5-8-16-14(17)10-12(2)13-6-4-7-15-11-13;/h12-13,15H,3-11H2,1-2H3,(H,16,17);1H. The number of ether oxygens (including phenoxy) is 1. The predicted molar refractivity (Wildman–Crippen MR) is 80.7 cm³/mol. The molecule has 2 N–H and O–H groups in total. The van der Waals surface area contributed by atoms with Crippen LogP contribution in [-0.2, 0) is 9.53 Å². The summed E-state index contributed by atoms with van der Waals surface area (Å²) in [5.41, 5.74) is 0. The minimum atomic E-state index is 0. The van der Waals surface area contributed by atoms with Gasteiger partial charge in [-0.3, -0.25) is 4.79 Å². The van der Waals surface area contributed by atoms with Gasteiger partial charge in [0.15, 0.2) is 0 Å². The number of rotatable bonds is 8. The van der Waals surface area contributed by atoms with E-state index in [1.165, 1.54) is 12.8 Å². The molecular formula is C14H29ClN2O2.